The van der Waals surface area contributed by atoms with Gasteiger partial charge in [0.2, 0.25) is 11.8 Å². The molecule has 2 amide bonds. The van der Waals surface area contributed by atoms with Gasteiger partial charge in [-0.1, -0.05) is 0 Å². The van der Waals surface area contributed by atoms with Crippen molar-refractivity contribution < 1.29 is 19.1 Å². The Balaban J connectivity index is 1.22. The Labute approximate surface area is 213 Å². The average molecular weight is 511 g/mol. The lowest BCUT2D eigenvalue weighted by Crippen LogP contribution is -2.51. The number of aromatic nitrogens is 4. The highest BCUT2D eigenvalue weighted by Gasteiger charge is 2.37. The van der Waals surface area contributed by atoms with Gasteiger partial charge in [-0.25, -0.2) is 14.1 Å². The summed E-state index contributed by atoms with van der Waals surface area (Å²) < 4.78 is 16.1. The number of nitrogens with zero attached hydrogens (tertiary/aromatic N) is 5. The van der Waals surface area contributed by atoms with Crippen molar-refractivity contribution in [1.29, 1.82) is 0 Å². The van der Waals surface area contributed by atoms with Gasteiger partial charge >= 0.3 is 0 Å². The number of aliphatic hydroxyl groups is 1. The van der Waals surface area contributed by atoms with E-state index >= 15 is 0 Å². The van der Waals surface area contributed by atoms with Gasteiger partial charge in [0, 0.05) is 32.0 Å². The summed E-state index contributed by atoms with van der Waals surface area (Å²) in [7, 11) is 0. The normalized spacial score (nSPS) is 21.6. The van der Waals surface area contributed by atoms with Crippen LogP contribution in [0.1, 0.15) is 45.4 Å². The largest absolute Gasteiger partial charge is 0.388 e. The fourth-order valence-electron chi connectivity index (χ4n) is 5.48. The van der Waals surface area contributed by atoms with E-state index in [1.165, 1.54) is 40.8 Å². The summed E-state index contributed by atoms with van der Waals surface area (Å²) in [6, 6.07) is 5.88. The second kappa shape index (κ2) is 10.0. The van der Waals surface area contributed by atoms with E-state index in [2.05, 4.69) is 15.4 Å². The van der Waals surface area contributed by atoms with Crippen LogP contribution in [0.5, 0.6) is 0 Å². The van der Waals surface area contributed by atoms with E-state index in [1.807, 2.05) is 4.90 Å². The smallest absolute Gasteiger partial charge is 0.264 e. The molecular formula is C26H31FN6O4. The van der Waals surface area contributed by atoms with E-state index in [4.69, 9.17) is 0 Å². The molecular weight excluding hydrogens is 479 g/mol. The third-order valence-corrected chi connectivity index (χ3v) is 7.58. The number of nitrogens with one attached hydrogen (secondary N) is 1. The van der Waals surface area contributed by atoms with Gasteiger partial charge in [0.15, 0.2) is 5.65 Å². The molecule has 196 valence electrons. The van der Waals surface area contributed by atoms with E-state index in [0.717, 1.165) is 25.7 Å². The molecule has 11 heteroatoms. The van der Waals surface area contributed by atoms with Crippen molar-refractivity contribution in [2.75, 3.05) is 13.1 Å². The lowest BCUT2D eigenvalue weighted by molar-refractivity contribution is -0.141. The molecule has 1 aliphatic heterocycles. The number of amides is 2. The van der Waals surface area contributed by atoms with Crippen LogP contribution in [-0.4, -0.2) is 65.9 Å². The van der Waals surface area contributed by atoms with Crippen molar-refractivity contribution in [3.63, 3.8) is 0 Å². The van der Waals surface area contributed by atoms with Gasteiger partial charge < -0.3 is 15.3 Å². The zero-order valence-corrected chi connectivity index (χ0v) is 20.8. The Morgan fingerprint density at radius 3 is 2.46 bits per heavy atom. The zero-order chi connectivity index (χ0) is 26.2. The minimum Gasteiger partial charge on any atom is -0.388 e. The predicted octanol–water partition coefficient (Wildman–Crippen LogP) is 1.77. The number of rotatable bonds is 5. The van der Waals surface area contributed by atoms with Gasteiger partial charge in [-0.3, -0.25) is 19.0 Å². The molecule has 37 heavy (non-hydrogen) atoms. The highest BCUT2D eigenvalue weighted by molar-refractivity contribution is 5.79. The van der Waals surface area contributed by atoms with Crippen LogP contribution >= 0.6 is 0 Å². The van der Waals surface area contributed by atoms with E-state index < -0.39 is 5.60 Å². The van der Waals surface area contributed by atoms with Crippen molar-refractivity contribution in [2.45, 2.75) is 63.6 Å². The molecule has 2 fully saturated rings. The molecule has 2 N–H and O–H groups in total. The summed E-state index contributed by atoms with van der Waals surface area (Å²) >= 11 is 0. The van der Waals surface area contributed by atoms with Crippen molar-refractivity contribution in [2.24, 2.45) is 5.92 Å². The Morgan fingerprint density at radius 2 is 1.81 bits per heavy atom. The first-order valence-corrected chi connectivity index (χ1v) is 12.7. The maximum atomic E-state index is 13.3. The Morgan fingerprint density at radius 1 is 1.14 bits per heavy atom. The van der Waals surface area contributed by atoms with E-state index in [-0.39, 0.29) is 41.7 Å². The average Bonchev–Trinajstić information content (AvgIpc) is 3.31. The van der Waals surface area contributed by atoms with Crippen LogP contribution < -0.4 is 10.9 Å². The van der Waals surface area contributed by atoms with Crippen LogP contribution in [0, 0.1) is 11.7 Å². The van der Waals surface area contributed by atoms with Gasteiger partial charge in [0.1, 0.15) is 17.5 Å². The van der Waals surface area contributed by atoms with Gasteiger partial charge in [-0.15, -0.1) is 0 Å². The first-order chi connectivity index (χ1) is 17.7. The molecule has 2 aromatic heterocycles. The molecule has 1 aromatic carbocycles. The zero-order valence-electron chi connectivity index (χ0n) is 20.8. The third-order valence-electron chi connectivity index (χ3n) is 7.58. The number of carbonyl (C=O) groups excluding carboxylic acids is 2. The molecule has 0 radical (unpaired) electrons. The molecule has 1 aliphatic carbocycles. The molecule has 0 spiro atoms. The fourth-order valence-corrected chi connectivity index (χ4v) is 5.48. The van der Waals surface area contributed by atoms with Crippen LogP contribution in [0.2, 0.25) is 0 Å². The topological polar surface area (TPSA) is 122 Å². The fraction of sp³-hybridized carbons (Fsp3) is 0.500. The van der Waals surface area contributed by atoms with Crippen LogP contribution in [0.15, 0.2) is 41.6 Å². The lowest BCUT2D eigenvalue weighted by atomic mass is 9.84. The quantitative estimate of drug-likeness (QED) is 0.540. The summed E-state index contributed by atoms with van der Waals surface area (Å²) in [6.45, 7) is 2.43. The number of likely N-dealkylation sites (tertiary alicyclic amines) is 1. The number of benzene rings is 1. The summed E-state index contributed by atoms with van der Waals surface area (Å²) in [5.41, 5.74) is -0.513. The minimum absolute atomic E-state index is 0.0414. The van der Waals surface area contributed by atoms with Gasteiger partial charge in [-0.2, -0.15) is 5.10 Å². The van der Waals surface area contributed by atoms with Crippen molar-refractivity contribution in [1.82, 2.24) is 29.5 Å². The molecule has 1 saturated heterocycles. The summed E-state index contributed by atoms with van der Waals surface area (Å²) in [5.74, 6) is -0.356. The SMILES string of the molecule is CC(=O)N[C@H]1CC[C@H](C(=O)N2CCC(O)(Cn3cnc4c(cnn4-c4ccc(F)cc4)c3=O)CC2)CC1. The van der Waals surface area contributed by atoms with Crippen molar-refractivity contribution in [3.8, 4) is 5.69 Å². The van der Waals surface area contributed by atoms with Gasteiger partial charge in [0.25, 0.3) is 5.56 Å². The first-order valence-electron chi connectivity index (χ1n) is 12.7. The van der Waals surface area contributed by atoms with E-state index in [9.17, 15) is 23.9 Å². The van der Waals surface area contributed by atoms with Crippen LogP contribution in [0.25, 0.3) is 16.7 Å². The number of carbonyl (C=O) groups is 2. The molecule has 0 unspecified atom stereocenters. The number of piperidine rings is 1. The summed E-state index contributed by atoms with van der Waals surface area (Å²) in [6.07, 6.45) is 6.63. The minimum atomic E-state index is -1.13. The standard InChI is InChI=1S/C26H31FN6O4/c1-17(34)30-20-6-2-18(3-7-20)24(35)31-12-10-26(37,11-13-31)15-32-16-28-23-22(25(32)36)14-29-33(23)21-8-4-19(27)5-9-21/h4-5,8-9,14,16,18,20,37H,2-3,6-7,10-13,15H2,1H3,(H,30,34)/t18-,20-. The number of fused-ring (bicyclic) bond motifs is 1. The molecule has 0 bridgehead atoms. The van der Waals surface area contributed by atoms with E-state index in [0.29, 0.717) is 42.7 Å². The highest BCUT2D eigenvalue weighted by Crippen LogP contribution is 2.30. The molecule has 3 aromatic rings. The summed E-state index contributed by atoms with van der Waals surface area (Å²) in [5, 5.41) is 18.7. The molecule has 1 saturated carbocycles. The summed E-state index contributed by atoms with van der Waals surface area (Å²) in [4.78, 5) is 43.7. The van der Waals surface area contributed by atoms with Crippen LogP contribution in [-0.2, 0) is 16.1 Å². The van der Waals surface area contributed by atoms with E-state index in [1.54, 1.807) is 12.1 Å². The van der Waals surface area contributed by atoms with Crippen LogP contribution in [0.3, 0.4) is 0 Å². The molecule has 5 rings (SSSR count). The first kappa shape index (κ1) is 25.1. The van der Waals surface area contributed by atoms with Crippen molar-refractivity contribution >= 4 is 22.8 Å². The second-order valence-corrected chi connectivity index (χ2v) is 10.2. The Bertz CT molecular complexity index is 1350. The molecule has 3 heterocycles. The van der Waals surface area contributed by atoms with Gasteiger partial charge in [0.05, 0.1) is 24.0 Å². The Kier molecular flexibility index (Phi) is 6.80. The lowest BCUT2D eigenvalue weighted by Gasteiger charge is -2.40. The number of halogens is 1. The Hall–Kier alpha value is -3.60. The predicted molar refractivity (Wildman–Crippen MR) is 133 cm³/mol. The van der Waals surface area contributed by atoms with Crippen molar-refractivity contribution in [3.05, 3.63) is 53.0 Å². The maximum absolute atomic E-state index is 13.3. The number of hydrogen-bond acceptors (Lipinski definition) is 6. The number of hydrogen-bond donors (Lipinski definition) is 2. The molecule has 0 atom stereocenters. The van der Waals surface area contributed by atoms with Gasteiger partial charge in [-0.05, 0) is 62.8 Å². The highest BCUT2D eigenvalue weighted by atomic mass is 19.1. The molecule has 2 aliphatic rings. The third kappa shape index (κ3) is 5.27. The maximum Gasteiger partial charge on any atom is 0.264 e. The van der Waals surface area contributed by atoms with Crippen LogP contribution in [0.4, 0.5) is 4.39 Å². The second-order valence-electron chi connectivity index (χ2n) is 10.2. The molecule has 10 nitrogen and oxygen atoms in total. The monoisotopic (exact) mass is 510 g/mol.